The van der Waals surface area contributed by atoms with Gasteiger partial charge in [-0.15, -0.1) is 11.3 Å². The number of hydrogen-bond acceptors (Lipinski definition) is 3. The first kappa shape index (κ1) is 9.49. The van der Waals surface area contributed by atoms with Crippen LogP contribution < -0.4 is 11.1 Å². The number of anilines is 1. The number of nitrogens with two attached hydrogens (primary N) is 1. The van der Waals surface area contributed by atoms with Gasteiger partial charge in [0.25, 0.3) is 0 Å². The van der Waals surface area contributed by atoms with E-state index in [9.17, 15) is 0 Å². The zero-order chi connectivity index (χ0) is 9.97. The van der Waals surface area contributed by atoms with Gasteiger partial charge in [0.1, 0.15) is 0 Å². The number of hydrogen-bond donors (Lipinski definition) is 2. The summed E-state index contributed by atoms with van der Waals surface area (Å²) in [5.41, 5.74) is 7.93. The Morgan fingerprint density at radius 2 is 2.29 bits per heavy atom. The highest BCUT2D eigenvalue weighted by Crippen LogP contribution is 2.27. The molecule has 0 saturated heterocycles. The first-order valence-electron chi connectivity index (χ1n) is 4.77. The maximum atomic E-state index is 5.72. The molecule has 74 valence electrons. The van der Waals surface area contributed by atoms with Crippen molar-refractivity contribution in [3.8, 4) is 0 Å². The third-order valence-electron chi connectivity index (χ3n) is 2.25. The van der Waals surface area contributed by atoms with Gasteiger partial charge in [-0.3, -0.25) is 0 Å². The Kier molecular flexibility index (Phi) is 2.70. The van der Waals surface area contributed by atoms with Crippen LogP contribution in [0.3, 0.4) is 0 Å². The second kappa shape index (κ2) is 3.98. The molecule has 0 spiro atoms. The highest BCUT2D eigenvalue weighted by molar-refractivity contribution is 7.17. The Morgan fingerprint density at radius 3 is 3.07 bits per heavy atom. The summed E-state index contributed by atoms with van der Waals surface area (Å²) >= 11 is 1.76. The Morgan fingerprint density at radius 1 is 1.43 bits per heavy atom. The molecule has 0 bridgehead atoms. The fourth-order valence-corrected chi connectivity index (χ4v) is 2.51. The molecular formula is C11H14N2S. The lowest BCUT2D eigenvalue weighted by Gasteiger charge is -2.00. The number of thiophene rings is 1. The number of benzene rings is 1. The summed E-state index contributed by atoms with van der Waals surface area (Å²) in [7, 11) is 0. The van der Waals surface area contributed by atoms with Gasteiger partial charge in [0.05, 0.1) is 0 Å². The summed E-state index contributed by atoms with van der Waals surface area (Å²) in [5, 5.41) is 6.86. The van der Waals surface area contributed by atoms with Gasteiger partial charge in [-0.1, -0.05) is 13.0 Å². The SMILES string of the molecule is CCNCc1csc2cc(N)ccc12. The Hall–Kier alpha value is -1.06. The van der Waals surface area contributed by atoms with E-state index in [0.29, 0.717) is 0 Å². The van der Waals surface area contributed by atoms with E-state index in [2.05, 4.69) is 23.7 Å². The molecule has 2 rings (SSSR count). The van der Waals surface area contributed by atoms with Gasteiger partial charge >= 0.3 is 0 Å². The van der Waals surface area contributed by atoms with Gasteiger partial charge in [-0.2, -0.15) is 0 Å². The van der Waals surface area contributed by atoms with E-state index in [0.717, 1.165) is 18.8 Å². The molecule has 0 aliphatic carbocycles. The second-order valence-electron chi connectivity index (χ2n) is 3.30. The molecule has 0 saturated carbocycles. The van der Waals surface area contributed by atoms with Crippen LogP contribution >= 0.6 is 11.3 Å². The van der Waals surface area contributed by atoms with Gasteiger partial charge in [0.15, 0.2) is 0 Å². The first-order valence-corrected chi connectivity index (χ1v) is 5.65. The zero-order valence-corrected chi connectivity index (χ0v) is 9.03. The van der Waals surface area contributed by atoms with E-state index >= 15 is 0 Å². The van der Waals surface area contributed by atoms with E-state index in [1.165, 1.54) is 15.6 Å². The Labute approximate surface area is 87.7 Å². The molecule has 14 heavy (non-hydrogen) atoms. The minimum absolute atomic E-state index is 0.842. The van der Waals surface area contributed by atoms with E-state index in [4.69, 9.17) is 5.73 Å². The smallest absolute Gasteiger partial charge is 0.0366 e. The molecule has 1 aromatic heterocycles. The van der Waals surface area contributed by atoms with Crippen LogP contribution in [-0.2, 0) is 6.54 Å². The van der Waals surface area contributed by atoms with E-state index in [1.54, 1.807) is 11.3 Å². The predicted molar refractivity (Wildman–Crippen MR) is 63.6 cm³/mol. The van der Waals surface area contributed by atoms with Gasteiger partial charge in [-0.05, 0) is 35.0 Å². The van der Waals surface area contributed by atoms with Crippen LogP contribution in [0.15, 0.2) is 23.6 Å². The van der Waals surface area contributed by atoms with Crippen LogP contribution in [0.1, 0.15) is 12.5 Å². The molecule has 1 heterocycles. The van der Waals surface area contributed by atoms with Crippen molar-refractivity contribution in [2.75, 3.05) is 12.3 Å². The number of nitrogen functional groups attached to an aromatic ring is 1. The molecular weight excluding hydrogens is 192 g/mol. The number of rotatable bonds is 3. The molecule has 1 aromatic carbocycles. The van der Waals surface area contributed by atoms with Crippen LogP contribution in [-0.4, -0.2) is 6.54 Å². The summed E-state index contributed by atoms with van der Waals surface area (Å²) in [5.74, 6) is 0. The fourth-order valence-electron chi connectivity index (χ4n) is 1.50. The zero-order valence-electron chi connectivity index (χ0n) is 8.21. The van der Waals surface area contributed by atoms with Crippen LogP contribution in [0, 0.1) is 0 Å². The number of fused-ring (bicyclic) bond motifs is 1. The summed E-state index contributed by atoms with van der Waals surface area (Å²) in [4.78, 5) is 0. The van der Waals surface area contributed by atoms with Gasteiger partial charge in [0.2, 0.25) is 0 Å². The first-order chi connectivity index (χ1) is 6.81. The highest BCUT2D eigenvalue weighted by atomic mass is 32.1. The van der Waals surface area contributed by atoms with Gasteiger partial charge < -0.3 is 11.1 Å². The van der Waals surface area contributed by atoms with Crippen LogP contribution in [0.25, 0.3) is 10.1 Å². The minimum atomic E-state index is 0.842. The lowest BCUT2D eigenvalue weighted by molar-refractivity contribution is 0.732. The average molecular weight is 206 g/mol. The second-order valence-corrected chi connectivity index (χ2v) is 4.21. The van der Waals surface area contributed by atoms with Crippen LogP contribution in [0.4, 0.5) is 5.69 Å². The van der Waals surface area contributed by atoms with E-state index in [-0.39, 0.29) is 0 Å². The lowest BCUT2D eigenvalue weighted by Crippen LogP contribution is -2.11. The molecule has 0 amide bonds. The topological polar surface area (TPSA) is 38.0 Å². The van der Waals surface area contributed by atoms with Crippen molar-refractivity contribution in [3.05, 3.63) is 29.1 Å². The normalized spacial score (nSPS) is 10.9. The predicted octanol–water partition coefficient (Wildman–Crippen LogP) is 2.59. The van der Waals surface area contributed by atoms with Crippen molar-refractivity contribution in [2.45, 2.75) is 13.5 Å². The van der Waals surface area contributed by atoms with Crippen LogP contribution in [0.5, 0.6) is 0 Å². The highest BCUT2D eigenvalue weighted by Gasteiger charge is 2.02. The summed E-state index contributed by atoms with van der Waals surface area (Å²) in [6.45, 7) is 4.07. The minimum Gasteiger partial charge on any atom is -0.399 e. The Balaban J connectivity index is 2.37. The maximum absolute atomic E-state index is 5.72. The standard InChI is InChI=1S/C11H14N2S/c1-2-13-6-8-7-14-11-5-9(12)3-4-10(8)11/h3-5,7,13H,2,6,12H2,1H3. The van der Waals surface area contributed by atoms with E-state index < -0.39 is 0 Å². The molecule has 0 atom stereocenters. The van der Waals surface area contributed by atoms with Gasteiger partial charge in [0, 0.05) is 16.9 Å². The molecule has 0 aliphatic rings. The molecule has 2 aromatic rings. The van der Waals surface area contributed by atoms with Crippen molar-refractivity contribution in [1.82, 2.24) is 5.32 Å². The average Bonchev–Trinajstić information content (AvgIpc) is 2.57. The molecule has 3 heteroatoms. The summed E-state index contributed by atoms with van der Waals surface area (Å²) in [6, 6.07) is 6.10. The largest absolute Gasteiger partial charge is 0.399 e. The van der Waals surface area contributed by atoms with Gasteiger partial charge in [-0.25, -0.2) is 0 Å². The van der Waals surface area contributed by atoms with Crippen molar-refractivity contribution >= 4 is 27.1 Å². The fraction of sp³-hybridized carbons (Fsp3) is 0.273. The van der Waals surface area contributed by atoms with Crippen LogP contribution in [0.2, 0.25) is 0 Å². The molecule has 0 fully saturated rings. The lowest BCUT2D eigenvalue weighted by atomic mass is 10.1. The molecule has 3 N–H and O–H groups in total. The summed E-state index contributed by atoms with van der Waals surface area (Å²) in [6.07, 6.45) is 0. The summed E-state index contributed by atoms with van der Waals surface area (Å²) < 4.78 is 1.28. The molecule has 0 unspecified atom stereocenters. The maximum Gasteiger partial charge on any atom is 0.0366 e. The van der Waals surface area contributed by atoms with Crippen molar-refractivity contribution in [1.29, 1.82) is 0 Å². The van der Waals surface area contributed by atoms with Crippen molar-refractivity contribution < 1.29 is 0 Å². The van der Waals surface area contributed by atoms with Crippen molar-refractivity contribution in [3.63, 3.8) is 0 Å². The third-order valence-corrected chi connectivity index (χ3v) is 3.24. The third kappa shape index (κ3) is 1.74. The monoisotopic (exact) mass is 206 g/mol. The molecule has 0 radical (unpaired) electrons. The quantitative estimate of drug-likeness (QED) is 0.757. The van der Waals surface area contributed by atoms with E-state index in [1.807, 2.05) is 12.1 Å². The van der Waals surface area contributed by atoms with Crippen molar-refractivity contribution in [2.24, 2.45) is 0 Å². The Bertz CT molecular complexity index is 434. The molecule has 0 aliphatic heterocycles. The number of nitrogens with one attached hydrogen (secondary N) is 1. The molecule has 2 nitrogen and oxygen atoms in total.